The van der Waals surface area contributed by atoms with Crippen molar-refractivity contribution in [2.45, 2.75) is 57.3 Å². The van der Waals surface area contributed by atoms with Crippen LogP contribution in [0.5, 0.6) is 0 Å². The summed E-state index contributed by atoms with van der Waals surface area (Å²) in [5.41, 5.74) is 4.36. The Balaban J connectivity index is 1.37. The smallest absolute Gasteiger partial charge is 0.262 e. The van der Waals surface area contributed by atoms with E-state index in [4.69, 9.17) is 16.6 Å². The van der Waals surface area contributed by atoms with Crippen molar-refractivity contribution in [1.29, 1.82) is 0 Å². The van der Waals surface area contributed by atoms with Gasteiger partial charge in [-0.15, -0.1) is 11.3 Å². The summed E-state index contributed by atoms with van der Waals surface area (Å²) in [5.74, 6) is 0.702. The summed E-state index contributed by atoms with van der Waals surface area (Å²) in [6, 6.07) is 16.6. The number of fused-ring (bicyclic) bond motifs is 2. The molecule has 1 aliphatic heterocycles. The van der Waals surface area contributed by atoms with E-state index in [1.54, 1.807) is 10.6 Å². The van der Waals surface area contributed by atoms with Gasteiger partial charge in [0.25, 0.3) is 10.0 Å². The molecule has 0 radical (unpaired) electrons. The molecule has 8 nitrogen and oxygen atoms in total. The Labute approximate surface area is 243 Å². The van der Waals surface area contributed by atoms with Crippen LogP contribution in [0.15, 0.2) is 65.1 Å². The van der Waals surface area contributed by atoms with E-state index >= 15 is 0 Å². The van der Waals surface area contributed by atoms with Crippen LogP contribution in [0.2, 0.25) is 5.15 Å². The van der Waals surface area contributed by atoms with Gasteiger partial charge in [-0.2, -0.15) is 4.31 Å². The number of benzene rings is 2. The molecule has 5 aromatic rings. The van der Waals surface area contributed by atoms with Crippen LogP contribution in [0, 0.1) is 0 Å². The minimum atomic E-state index is -3.95. The molecule has 0 bridgehead atoms. The number of thiazole rings is 1. The highest BCUT2D eigenvalue weighted by Crippen LogP contribution is 2.30. The summed E-state index contributed by atoms with van der Waals surface area (Å²) in [5, 5.41) is 1.81. The third-order valence-corrected chi connectivity index (χ3v) is 10.6. The molecule has 0 amide bonds. The molecule has 40 heavy (non-hydrogen) atoms. The first-order valence-electron chi connectivity index (χ1n) is 13.8. The normalized spacial score (nSPS) is 15.1. The van der Waals surface area contributed by atoms with E-state index in [1.165, 1.54) is 46.0 Å². The van der Waals surface area contributed by atoms with Crippen LogP contribution in [0.25, 0.3) is 16.0 Å². The predicted molar refractivity (Wildman–Crippen MR) is 160 cm³/mol. The lowest BCUT2D eigenvalue weighted by Crippen LogP contribution is -2.33. The number of hydrogen-bond donors (Lipinski definition) is 0. The molecule has 6 rings (SSSR count). The largest absolute Gasteiger partial charge is 0.322 e. The van der Waals surface area contributed by atoms with Gasteiger partial charge in [0.15, 0.2) is 15.1 Å². The van der Waals surface area contributed by atoms with Crippen LogP contribution in [-0.2, 0) is 29.7 Å². The summed E-state index contributed by atoms with van der Waals surface area (Å²) in [6.45, 7) is 6.24. The van der Waals surface area contributed by atoms with Crippen LogP contribution in [0.3, 0.4) is 0 Å². The maximum absolute atomic E-state index is 14.0. The van der Waals surface area contributed by atoms with E-state index in [9.17, 15) is 8.42 Å². The highest BCUT2D eigenvalue weighted by molar-refractivity contribution is 7.89. The Morgan fingerprint density at radius 3 is 2.48 bits per heavy atom. The zero-order valence-corrected chi connectivity index (χ0v) is 24.9. The second-order valence-electron chi connectivity index (χ2n) is 10.3. The highest BCUT2D eigenvalue weighted by atomic mass is 35.5. The number of aromatic nitrogens is 4. The minimum Gasteiger partial charge on any atom is -0.322 e. The van der Waals surface area contributed by atoms with Crippen molar-refractivity contribution in [3.63, 3.8) is 0 Å². The van der Waals surface area contributed by atoms with Crippen molar-refractivity contribution in [1.82, 2.24) is 28.1 Å². The second-order valence-corrected chi connectivity index (χ2v) is 13.4. The van der Waals surface area contributed by atoms with Crippen molar-refractivity contribution in [3.05, 3.63) is 82.2 Å². The lowest BCUT2D eigenvalue weighted by Gasteiger charge is -2.27. The Kier molecular flexibility index (Phi) is 7.96. The number of rotatable bonds is 10. The monoisotopic (exact) mass is 596 g/mol. The van der Waals surface area contributed by atoms with E-state index < -0.39 is 10.0 Å². The van der Waals surface area contributed by atoms with Gasteiger partial charge in [-0.3, -0.25) is 9.30 Å². The van der Waals surface area contributed by atoms with Crippen LogP contribution < -0.4 is 0 Å². The van der Waals surface area contributed by atoms with E-state index in [0.717, 1.165) is 30.7 Å². The first kappa shape index (κ1) is 27.4. The fourth-order valence-corrected chi connectivity index (χ4v) is 8.49. The van der Waals surface area contributed by atoms with E-state index in [2.05, 4.69) is 44.8 Å². The van der Waals surface area contributed by atoms with Crippen molar-refractivity contribution in [3.8, 4) is 0 Å². The Bertz CT molecular complexity index is 1740. The number of imidazole rings is 2. The predicted octanol–water partition coefficient (Wildman–Crippen LogP) is 6.03. The number of sulfonamides is 1. The van der Waals surface area contributed by atoms with E-state index in [0.29, 0.717) is 30.3 Å². The molecule has 210 valence electrons. The van der Waals surface area contributed by atoms with Crippen LogP contribution in [0.4, 0.5) is 0 Å². The molecule has 1 aliphatic rings. The van der Waals surface area contributed by atoms with Gasteiger partial charge in [-0.1, -0.05) is 61.3 Å². The molecule has 2 aromatic carbocycles. The number of para-hydroxylation sites is 2. The quantitative estimate of drug-likeness (QED) is 0.197. The van der Waals surface area contributed by atoms with Gasteiger partial charge >= 0.3 is 0 Å². The molecule has 11 heteroatoms. The van der Waals surface area contributed by atoms with Gasteiger partial charge in [0.05, 0.1) is 17.6 Å². The summed E-state index contributed by atoms with van der Waals surface area (Å²) in [4.78, 5) is 12.3. The number of piperidine rings is 1. The van der Waals surface area contributed by atoms with Gasteiger partial charge in [-0.05, 0) is 55.6 Å². The third kappa shape index (κ3) is 5.31. The molecule has 1 fully saturated rings. The molecule has 0 N–H and O–H groups in total. The summed E-state index contributed by atoms with van der Waals surface area (Å²) in [6.07, 6.45) is 6.16. The molecular formula is C29H33ClN6O2S2. The van der Waals surface area contributed by atoms with Crippen molar-refractivity contribution in [2.75, 3.05) is 19.6 Å². The third-order valence-electron chi connectivity index (χ3n) is 7.58. The van der Waals surface area contributed by atoms with Crippen molar-refractivity contribution < 1.29 is 8.42 Å². The Morgan fingerprint density at radius 1 is 0.975 bits per heavy atom. The molecule has 3 aromatic heterocycles. The molecular weight excluding hydrogens is 564 g/mol. The standard InChI is InChI=1S/C29H33ClN6O2S2/c1-2-14-34(40(37,38)28-27(30)32-29-35(28)17-18-39-29)21-26-31-24-12-6-7-13-25(24)36(26)20-23-11-5-4-10-22(23)19-33-15-8-3-9-16-33/h4-7,10-13,17-18H,2-3,8-9,14-16,19-21H2,1H3. The number of nitrogens with zero attached hydrogens (tertiary/aromatic N) is 6. The van der Waals surface area contributed by atoms with Crippen LogP contribution in [-0.4, -0.2) is 56.2 Å². The minimum absolute atomic E-state index is 0.00639. The van der Waals surface area contributed by atoms with Gasteiger partial charge in [0.2, 0.25) is 0 Å². The summed E-state index contributed by atoms with van der Waals surface area (Å²) in [7, 11) is -3.95. The maximum Gasteiger partial charge on any atom is 0.262 e. The van der Waals surface area contributed by atoms with Crippen LogP contribution >= 0.6 is 22.9 Å². The van der Waals surface area contributed by atoms with Gasteiger partial charge in [0.1, 0.15) is 5.82 Å². The molecule has 4 heterocycles. The zero-order valence-electron chi connectivity index (χ0n) is 22.5. The van der Waals surface area contributed by atoms with E-state index in [1.807, 2.05) is 30.5 Å². The molecule has 0 unspecified atom stereocenters. The number of halogens is 1. The van der Waals surface area contributed by atoms with Gasteiger partial charge in [0, 0.05) is 31.2 Å². The van der Waals surface area contributed by atoms with E-state index in [-0.39, 0.29) is 16.7 Å². The lowest BCUT2D eigenvalue weighted by atomic mass is 10.0. The summed E-state index contributed by atoms with van der Waals surface area (Å²) >= 11 is 7.74. The fourth-order valence-electron chi connectivity index (χ4n) is 5.60. The first-order chi connectivity index (χ1) is 19.5. The van der Waals surface area contributed by atoms with Crippen LogP contribution in [0.1, 0.15) is 49.6 Å². The molecule has 0 spiro atoms. The number of hydrogen-bond acceptors (Lipinski definition) is 6. The van der Waals surface area contributed by atoms with Crippen molar-refractivity contribution >= 4 is 49.0 Å². The molecule has 0 atom stereocenters. The summed E-state index contributed by atoms with van der Waals surface area (Å²) < 4.78 is 33.3. The van der Waals surface area contributed by atoms with Gasteiger partial charge in [-0.25, -0.2) is 18.4 Å². The Hall–Kier alpha value is -2.76. The molecule has 1 saturated heterocycles. The highest BCUT2D eigenvalue weighted by Gasteiger charge is 2.32. The van der Waals surface area contributed by atoms with Crippen molar-refractivity contribution in [2.24, 2.45) is 0 Å². The maximum atomic E-state index is 14.0. The SMILES string of the molecule is CCCN(Cc1nc2ccccc2n1Cc1ccccc1CN1CCCCC1)S(=O)(=O)c1c(Cl)nc2sccn12. The average molecular weight is 597 g/mol. The Morgan fingerprint density at radius 2 is 1.70 bits per heavy atom. The fraction of sp³-hybridized carbons (Fsp3) is 0.379. The lowest BCUT2D eigenvalue weighted by molar-refractivity contribution is 0.220. The molecule has 0 aliphatic carbocycles. The molecule has 0 saturated carbocycles. The average Bonchev–Trinajstić information content (AvgIpc) is 3.63. The van der Waals surface area contributed by atoms with Gasteiger partial charge < -0.3 is 4.57 Å². The number of likely N-dealkylation sites (tertiary alicyclic amines) is 1. The zero-order chi connectivity index (χ0) is 27.7. The first-order valence-corrected chi connectivity index (χ1v) is 16.5. The topological polar surface area (TPSA) is 75.7 Å². The second kappa shape index (κ2) is 11.6.